The van der Waals surface area contributed by atoms with Gasteiger partial charge in [0.1, 0.15) is 12.1 Å². The predicted molar refractivity (Wildman–Crippen MR) is 96.8 cm³/mol. The first-order valence-electron chi connectivity index (χ1n) is 7.60. The number of hydrogen-bond acceptors (Lipinski definition) is 5. The lowest BCUT2D eigenvalue weighted by Gasteiger charge is -2.16. The summed E-state index contributed by atoms with van der Waals surface area (Å²) in [6.45, 7) is 3.70. The molecule has 128 valence electrons. The fourth-order valence-electron chi connectivity index (χ4n) is 2.17. The summed E-state index contributed by atoms with van der Waals surface area (Å²) in [7, 11) is 0. The van der Waals surface area contributed by atoms with E-state index in [9.17, 15) is 4.79 Å². The number of halogens is 1. The molecule has 0 radical (unpaired) electrons. The second-order valence-electron chi connectivity index (χ2n) is 5.48. The topological polar surface area (TPSA) is 81.9 Å². The van der Waals surface area contributed by atoms with Crippen molar-refractivity contribution >= 4 is 27.5 Å². The minimum absolute atomic E-state index is 0.234. The van der Waals surface area contributed by atoms with Crippen LogP contribution in [0.2, 0.25) is 0 Å². The highest BCUT2D eigenvalue weighted by Crippen LogP contribution is 2.26. The van der Waals surface area contributed by atoms with Crippen LogP contribution < -0.4 is 10.1 Å². The molecule has 8 heteroatoms. The lowest BCUT2D eigenvalue weighted by Crippen LogP contribution is -2.30. The molecular weight excluding hydrogens is 386 g/mol. The second kappa shape index (κ2) is 7.43. The van der Waals surface area contributed by atoms with Gasteiger partial charge in [0, 0.05) is 5.69 Å². The molecule has 0 saturated carbocycles. The number of nitrogens with one attached hydrogen (secondary N) is 1. The van der Waals surface area contributed by atoms with E-state index in [-0.39, 0.29) is 5.91 Å². The van der Waals surface area contributed by atoms with E-state index in [1.807, 2.05) is 37.3 Å². The maximum Gasteiger partial charge on any atom is 0.265 e. The number of nitrogens with zero attached hydrogens (tertiary/aromatic N) is 4. The smallest absolute Gasteiger partial charge is 0.265 e. The Kier molecular flexibility index (Phi) is 5.08. The molecule has 0 bridgehead atoms. The molecule has 0 fully saturated rings. The molecular formula is C17H16BrN5O2. The van der Waals surface area contributed by atoms with Gasteiger partial charge < -0.3 is 10.1 Å². The van der Waals surface area contributed by atoms with Crippen LogP contribution in [0, 0.1) is 6.92 Å². The molecule has 3 aromatic rings. The number of ether oxygens (including phenoxy) is 1. The van der Waals surface area contributed by atoms with Crippen LogP contribution in [0.5, 0.6) is 5.75 Å². The quantitative estimate of drug-likeness (QED) is 0.709. The van der Waals surface area contributed by atoms with Crippen molar-refractivity contribution in [3.63, 3.8) is 0 Å². The van der Waals surface area contributed by atoms with Crippen LogP contribution in [-0.4, -0.2) is 32.2 Å². The Morgan fingerprint density at radius 2 is 2.00 bits per heavy atom. The van der Waals surface area contributed by atoms with Gasteiger partial charge in [-0.1, -0.05) is 6.07 Å². The van der Waals surface area contributed by atoms with Crippen molar-refractivity contribution in [2.75, 3.05) is 5.32 Å². The van der Waals surface area contributed by atoms with E-state index in [2.05, 4.69) is 36.8 Å². The summed E-state index contributed by atoms with van der Waals surface area (Å²) < 4.78 is 8.08. The van der Waals surface area contributed by atoms with Gasteiger partial charge in [-0.25, -0.2) is 4.68 Å². The predicted octanol–water partition coefficient (Wildman–Crippen LogP) is 3.14. The summed E-state index contributed by atoms with van der Waals surface area (Å²) in [4.78, 5) is 12.3. The standard InChI is InChI=1S/C17H16BrN5O2/c1-11-3-8-16(15(18)9-11)25-12(2)17(24)20-13-4-6-14(7-5-13)23-10-19-21-22-23/h3-10,12H,1-2H3,(H,20,24)/t12-/m0/s1. The van der Waals surface area contributed by atoms with Crippen LogP contribution in [0.3, 0.4) is 0 Å². The molecule has 2 aromatic carbocycles. The summed E-state index contributed by atoms with van der Waals surface area (Å²) in [6, 6.07) is 12.9. The van der Waals surface area contributed by atoms with E-state index in [1.54, 1.807) is 19.1 Å². The fourth-order valence-corrected chi connectivity index (χ4v) is 2.75. The van der Waals surface area contributed by atoms with Crippen molar-refractivity contribution in [1.29, 1.82) is 0 Å². The van der Waals surface area contributed by atoms with E-state index < -0.39 is 6.10 Å². The second-order valence-corrected chi connectivity index (χ2v) is 6.34. The zero-order chi connectivity index (χ0) is 17.8. The van der Waals surface area contributed by atoms with Crippen LogP contribution >= 0.6 is 15.9 Å². The first-order chi connectivity index (χ1) is 12.0. The molecule has 7 nitrogen and oxygen atoms in total. The highest BCUT2D eigenvalue weighted by atomic mass is 79.9. The molecule has 1 N–H and O–H groups in total. The number of hydrogen-bond donors (Lipinski definition) is 1. The van der Waals surface area contributed by atoms with Gasteiger partial charge in [0.2, 0.25) is 0 Å². The Hall–Kier alpha value is -2.74. The van der Waals surface area contributed by atoms with Gasteiger partial charge >= 0.3 is 0 Å². The van der Waals surface area contributed by atoms with Gasteiger partial charge in [-0.15, -0.1) is 5.10 Å². The largest absolute Gasteiger partial charge is 0.480 e. The lowest BCUT2D eigenvalue weighted by molar-refractivity contribution is -0.122. The normalized spacial score (nSPS) is 11.8. The Morgan fingerprint density at radius 1 is 1.24 bits per heavy atom. The Morgan fingerprint density at radius 3 is 2.64 bits per heavy atom. The summed E-state index contributed by atoms with van der Waals surface area (Å²) >= 11 is 3.44. The fraction of sp³-hybridized carbons (Fsp3) is 0.176. The summed E-state index contributed by atoms with van der Waals surface area (Å²) in [5.41, 5.74) is 2.58. The average molecular weight is 402 g/mol. The molecule has 0 aliphatic carbocycles. The number of amides is 1. The van der Waals surface area contributed by atoms with Crippen molar-refractivity contribution in [3.8, 4) is 11.4 Å². The van der Waals surface area contributed by atoms with Crippen LogP contribution in [0.1, 0.15) is 12.5 Å². The molecule has 1 heterocycles. The SMILES string of the molecule is Cc1ccc(O[C@@H](C)C(=O)Nc2ccc(-n3cnnn3)cc2)c(Br)c1. The minimum atomic E-state index is -0.641. The Balaban J connectivity index is 1.63. The van der Waals surface area contributed by atoms with E-state index >= 15 is 0 Å². The average Bonchev–Trinajstić information content (AvgIpc) is 3.12. The van der Waals surface area contributed by atoms with Crippen LogP contribution in [0.4, 0.5) is 5.69 Å². The number of tetrazole rings is 1. The summed E-state index contributed by atoms with van der Waals surface area (Å²) in [6.07, 6.45) is 0.862. The van der Waals surface area contributed by atoms with Gasteiger partial charge in [-0.3, -0.25) is 4.79 Å². The molecule has 0 unspecified atom stereocenters. The summed E-state index contributed by atoms with van der Waals surface area (Å²) in [5, 5.41) is 13.8. The first kappa shape index (κ1) is 17.1. The number of aryl methyl sites for hydroxylation is 1. The Bertz CT molecular complexity index is 865. The van der Waals surface area contributed by atoms with Crippen molar-refractivity contribution < 1.29 is 9.53 Å². The molecule has 1 atom stereocenters. The molecule has 0 saturated heterocycles. The third kappa shape index (κ3) is 4.21. The zero-order valence-electron chi connectivity index (χ0n) is 13.7. The van der Waals surface area contributed by atoms with E-state index in [0.29, 0.717) is 11.4 Å². The Labute approximate surface area is 153 Å². The van der Waals surface area contributed by atoms with Crippen molar-refractivity contribution in [2.24, 2.45) is 0 Å². The molecule has 1 amide bonds. The molecule has 0 aliphatic rings. The monoisotopic (exact) mass is 401 g/mol. The zero-order valence-corrected chi connectivity index (χ0v) is 15.3. The van der Waals surface area contributed by atoms with Gasteiger partial charge in [0.25, 0.3) is 5.91 Å². The number of benzene rings is 2. The summed E-state index contributed by atoms with van der Waals surface area (Å²) in [5.74, 6) is 0.393. The van der Waals surface area contributed by atoms with Gasteiger partial charge in [0.05, 0.1) is 10.2 Å². The van der Waals surface area contributed by atoms with Gasteiger partial charge in [0.15, 0.2) is 6.10 Å². The number of aromatic nitrogens is 4. The molecule has 0 spiro atoms. The molecule has 3 rings (SSSR count). The van der Waals surface area contributed by atoms with E-state index in [4.69, 9.17) is 4.74 Å². The third-order valence-electron chi connectivity index (χ3n) is 3.51. The van der Waals surface area contributed by atoms with Crippen molar-refractivity contribution in [2.45, 2.75) is 20.0 Å². The van der Waals surface area contributed by atoms with Gasteiger partial charge in [-0.2, -0.15) is 0 Å². The number of anilines is 1. The third-order valence-corrected chi connectivity index (χ3v) is 4.13. The molecule has 1 aromatic heterocycles. The van der Waals surface area contributed by atoms with Gasteiger partial charge in [-0.05, 0) is 82.2 Å². The molecule has 0 aliphatic heterocycles. The van der Waals surface area contributed by atoms with Crippen molar-refractivity contribution in [3.05, 3.63) is 58.8 Å². The lowest BCUT2D eigenvalue weighted by atomic mass is 10.2. The van der Waals surface area contributed by atoms with Crippen LogP contribution in [0.15, 0.2) is 53.3 Å². The first-order valence-corrected chi connectivity index (χ1v) is 8.39. The number of carbonyl (C=O) groups excluding carboxylic acids is 1. The van der Waals surface area contributed by atoms with Crippen LogP contribution in [-0.2, 0) is 4.79 Å². The van der Waals surface area contributed by atoms with Crippen LogP contribution in [0.25, 0.3) is 5.69 Å². The van der Waals surface area contributed by atoms with E-state index in [1.165, 1.54) is 11.0 Å². The maximum atomic E-state index is 12.3. The number of rotatable bonds is 5. The molecule has 25 heavy (non-hydrogen) atoms. The maximum absolute atomic E-state index is 12.3. The van der Waals surface area contributed by atoms with E-state index in [0.717, 1.165) is 15.7 Å². The highest BCUT2D eigenvalue weighted by molar-refractivity contribution is 9.10. The highest BCUT2D eigenvalue weighted by Gasteiger charge is 2.16. The number of carbonyl (C=O) groups is 1. The van der Waals surface area contributed by atoms with Crippen molar-refractivity contribution in [1.82, 2.24) is 20.2 Å². The minimum Gasteiger partial charge on any atom is -0.480 e.